The molecule has 0 aromatic carbocycles. The van der Waals surface area contributed by atoms with Gasteiger partial charge in [0.2, 0.25) is 0 Å². The zero-order chi connectivity index (χ0) is 49.3. The van der Waals surface area contributed by atoms with Crippen LogP contribution in [0.5, 0.6) is 0 Å². The highest BCUT2D eigenvalue weighted by molar-refractivity contribution is 5.71. The van der Waals surface area contributed by atoms with Crippen molar-refractivity contribution in [1.82, 2.24) is 0 Å². The van der Waals surface area contributed by atoms with Crippen LogP contribution in [0.3, 0.4) is 0 Å². The predicted octanol–water partition coefficient (Wildman–Crippen LogP) is 19.2. The second-order valence-electron chi connectivity index (χ2n) is 18.8. The third kappa shape index (κ3) is 53.5. The molecule has 0 radical (unpaired) electrons. The zero-order valence-electron chi connectivity index (χ0n) is 44.6. The highest BCUT2D eigenvalue weighted by atomic mass is 16.6. The van der Waals surface area contributed by atoms with Gasteiger partial charge in [-0.1, -0.05) is 247 Å². The van der Waals surface area contributed by atoms with Crippen molar-refractivity contribution >= 4 is 17.9 Å². The zero-order valence-corrected chi connectivity index (χ0v) is 44.6. The summed E-state index contributed by atoms with van der Waals surface area (Å²) in [6, 6.07) is 0. The van der Waals surface area contributed by atoms with Crippen molar-refractivity contribution in [2.45, 2.75) is 277 Å². The molecule has 0 aliphatic carbocycles. The average Bonchev–Trinajstić information content (AvgIpc) is 3.34. The van der Waals surface area contributed by atoms with Gasteiger partial charge >= 0.3 is 17.9 Å². The van der Waals surface area contributed by atoms with E-state index in [0.717, 1.165) is 109 Å². The summed E-state index contributed by atoms with van der Waals surface area (Å²) < 4.78 is 16.8. The molecule has 390 valence electrons. The Morgan fingerprint density at radius 3 is 0.956 bits per heavy atom. The number of hydrogen-bond acceptors (Lipinski definition) is 6. The minimum Gasteiger partial charge on any atom is -0.462 e. The molecule has 0 aromatic heterocycles. The maximum Gasteiger partial charge on any atom is 0.306 e. The first-order valence-electron chi connectivity index (χ1n) is 28.6. The van der Waals surface area contributed by atoms with Crippen molar-refractivity contribution in [3.05, 3.63) is 85.1 Å². The molecule has 1 atom stereocenters. The van der Waals surface area contributed by atoms with Crippen LogP contribution in [0.1, 0.15) is 271 Å². The maximum absolute atomic E-state index is 12.8. The molecule has 0 aliphatic heterocycles. The Labute approximate surface area is 420 Å². The lowest BCUT2D eigenvalue weighted by Crippen LogP contribution is -2.30. The molecule has 0 amide bonds. The normalized spacial score (nSPS) is 12.7. The lowest BCUT2D eigenvalue weighted by molar-refractivity contribution is -0.167. The van der Waals surface area contributed by atoms with Crippen LogP contribution < -0.4 is 0 Å². The van der Waals surface area contributed by atoms with Gasteiger partial charge in [-0.2, -0.15) is 0 Å². The number of esters is 3. The second-order valence-corrected chi connectivity index (χ2v) is 18.8. The van der Waals surface area contributed by atoms with Crippen molar-refractivity contribution < 1.29 is 28.6 Å². The van der Waals surface area contributed by atoms with Gasteiger partial charge < -0.3 is 14.2 Å². The molecule has 0 bridgehead atoms. The molecule has 0 N–H and O–H groups in total. The molecule has 0 aromatic rings. The van der Waals surface area contributed by atoms with E-state index >= 15 is 0 Å². The molecule has 68 heavy (non-hydrogen) atoms. The number of carbonyl (C=O) groups excluding carboxylic acids is 3. The van der Waals surface area contributed by atoms with Crippen LogP contribution in [-0.4, -0.2) is 37.2 Å². The van der Waals surface area contributed by atoms with Crippen molar-refractivity contribution in [1.29, 1.82) is 0 Å². The van der Waals surface area contributed by atoms with Crippen LogP contribution in [0.4, 0.5) is 0 Å². The van der Waals surface area contributed by atoms with Gasteiger partial charge in [0.1, 0.15) is 13.2 Å². The van der Waals surface area contributed by atoms with E-state index in [-0.39, 0.29) is 31.1 Å². The SMILES string of the molecule is CC/C=C\C/C=C\C/C=C\C/C=C\C/C=C\C/C=C\CCCCCCCCCCC(=O)OCC(COC(=O)CCCCCCC/C=C\CCCC)OC(=O)CCCCCCCCCCCCCC. The molecule has 1 unspecified atom stereocenters. The van der Waals surface area contributed by atoms with Gasteiger partial charge in [-0.25, -0.2) is 0 Å². The molecule has 0 spiro atoms. The van der Waals surface area contributed by atoms with Crippen LogP contribution in [0.15, 0.2) is 85.1 Å². The summed E-state index contributed by atoms with van der Waals surface area (Å²) in [6.45, 7) is 6.48. The standard InChI is InChI=1S/C62H106O6/c1-4-7-10-13-16-19-22-24-25-26-27-28-29-30-31-32-33-34-35-36-37-38-41-43-46-49-52-55-61(64)67-58-59(57-66-60(63)54-51-48-45-42-39-21-18-15-12-9-6-3)68-62(65)56-53-50-47-44-40-23-20-17-14-11-8-5-2/h7,10,15-16,18-19,24-25,27-28,30-31,33-34,59H,4-6,8-9,11-14,17,20-23,26,29,32,35-58H2,1-3H3/b10-7-,18-15-,19-16-,25-24-,28-27-,31-30-,34-33-. The largest absolute Gasteiger partial charge is 0.462 e. The number of hydrogen-bond donors (Lipinski definition) is 0. The third-order valence-electron chi connectivity index (χ3n) is 12.1. The summed E-state index contributed by atoms with van der Waals surface area (Å²) in [5.74, 6) is -0.894. The molecule has 0 fully saturated rings. The van der Waals surface area contributed by atoms with Crippen LogP contribution in [0, 0.1) is 0 Å². The first kappa shape index (κ1) is 64.6. The summed E-state index contributed by atoms with van der Waals surface area (Å²) in [5.41, 5.74) is 0. The van der Waals surface area contributed by atoms with E-state index < -0.39 is 6.10 Å². The minimum atomic E-state index is -0.780. The Morgan fingerprint density at radius 2 is 0.588 bits per heavy atom. The van der Waals surface area contributed by atoms with Crippen molar-refractivity contribution in [3.8, 4) is 0 Å². The number of rotatable bonds is 51. The van der Waals surface area contributed by atoms with E-state index in [9.17, 15) is 14.4 Å². The summed E-state index contributed by atoms with van der Waals surface area (Å²) in [5, 5.41) is 0. The fourth-order valence-electron chi connectivity index (χ4n) is 7.84. The minimum absolute atomic E-state index is 0.0813. The molecular formula is C62H106O6. The predicted molar refractivity (Wildman–Crippen MR) is 293 cm³/mol. The van der Waals surface area contributed by atoms with E-state index in [2.05, 4.69) is 106 Å². The molecule has 6 heteroatoms. The second kappa shape index (κ2) is 56.2. The van der Waals surface area contributed by atoms with E-state index in [0.29, 0.717) is 19.3 Å². The quantitative estimate of drug-likeness (QED) is 0.0262. The van der Waals surface area contributed by atoms with E-state index in [1.54, 1.807) is 0 Å². The van der Waals surface area contributed by atoms with Gasteiger partial charge in [0.25, 0.3) is 0 Å². The Bertz CT molecular complexity index is 1320. The molecule has 0 saturated heterocycles. The first-order valence-corrected chi connectivity index (χ1v) is 28.6. The van der Waals surface area contributed by atoms with E-state index in [1.807, 2.05) is 0 Å². The topological polar surface area (TPSA) is 78.9 Å². The van der Waals surface area contributed by atoms with Crippen molar-refractivity contribution in [2.24, 2.45) is 0 Å². The number of allylic oxidation sites excluding steroid dienone is 14. The van der Waals surface area contributed by atoms with Crippen LogP contribution in [-0.2, 0) is 28.6 Å². The van der Waals surface area contributed by atoms with Gasteiger partial charge in [0.15, 0.2) is 6.10 Å². The van der Waals surface area contributed by atoms with Gasteiger partial charge in [0, 0.05) is 19.3 Å². The smallest absolute Gasteiger partial charge is 0.306 e. The Kier molecular flexibility index (Phi) is 53.4. The molecule has 6 nitrogen and oxygen atoms in total. The van der Waals surface area contributed by atoms with Crippen LogP contribution in [0.25, 0.3) is 0 Å². The first-order chi connectivity index (χ1) is 33.5. The van der Waals surface area contributed by atoms with Crippen molar-refractivity contribution in [3.63, 3.8) is 0 Å². The fraction of sp³-hybridized carbons (Fsp3) is 0.726. The number of carbonyl (C=O) groups is 3. The van der Waals surface area contributed by atoms with Crippen molar-refractivity contribution in [2.75, 3.05) is 13.2 Å². The molecular weight excluding hydrogens is 841 g/mol. The Balaban J connectivity index is 4.25. The molecule has 0 saturated carbocycles. The van der Waals surface area contributed by atoms with Gasteiger partial charge in [-0.05, 0) is 89.9 Å². The Morgan fingerprint density at radius 1 is 0.309 bits per heavy atom. The van der Waals surface area contributed by atoms with E-state index in [1.165, 1.54) is 122 Å². The van der Waals surface area contributed by atoms with Gasteiger partial charge in [-0.3, -0.25) is 14.4 Å². The van der Waals surface area contributed by atoms with E-state index in [4.69, 9.17) is 14.2 Å². The number of ether oxygens (including phenoxy) is 3. The fourth-order valence-corrected chi connectivity index (χ4v) is 7.84. The molecule has 0 heterocycles. The third-order valence-corrected chi connectivity index (χ3v) is 12.1. The highest BCUT2D eigenvalue weighted by Crippen LogP contribution is 2.15. The summed E-state index contributed by atoms with van der Waals surface area (Å²) in [6.07, 6.45) is 72.9. The highest BCUT2D eigenvalue weighted by Gasteiger charge is 2.19. The van der Waals surface area contributed by atoms with Gasteiger partial charge in [-0.15, -0.1) is 0 Å². The lowest BCUT2D eigenvalue weighted by atomic mass is 10.0. The Hall–Kier alpha value is -3.41. The molecule has 0 aliphatic rings. The summed E-state index contributed by atoms with van der Waals surface area (Å²) >= 11 is 0. The maximum atomic E-state index is 12.8. The summed E-state index contributed by atoms with van der Waals surface area (Å²) in [7, 11) is 0. The summed E-state index contributed by atoms with van der Waals surface area (Å²) in [4.78, 5) is 38.0. The average molecular weight is 948 g/mol. The molecule has 0 rings (SSSR count). The monoisotopic (exact) mass is 947 g/mol. The van der Waals surface area contributed by atoms with Gasteiger partial charge in [0.05, 0.1) is 0 Å². The van der Waals surface area contributed by atoms with Crippen LogP contribution >= 0.6 is 0 Å². The lowest BCUT2D eigenvalue weighted by Gasteiger charge is -2.18. The van der Waals surface area contributed by atoms with Crippen LogP contribution in [0.2, 0.25) is 0 Å². The number of unbranched alkanes of at least 4 members (excludes halogenated alkanes) is 26.